The van der Waals surface area contributed by atoms with Crippen LogP contribution in [0.25, 0.3) is 0 Å². The van der Waals surface area contributed by atoms with E-state index in [1.165, 1.54) is 16.7 Å². The summed E-state index contributed by atoms with van der Waals surface area (Å²) in [6.45, 7) is 9.42. The molecule has 3 nitrogen and oxygen atoms in total. The molecule has 21 heavy (non-hydrogen) atoms. The molecule has 1 atom stereocenters. The van der Waals surface area contributed by atoms with Gasteiger partial charge in [-0.25, -0.2) is 0 Å². The van der Waals surface area contributed by atoms with Crippen molar-refractivity contribution >= 4 is 0 Å². The number of aromatic nitrogens is 2. The topological polar surface area (TPSA) is 37.8 Å². The summed E-state index contributed by atoms with van der Waals surface area (Å²) in [5.41, 5.74) is 6.10. The lowest BCUT2D eigenvalue weighted by Crippen LogP contribution is -2.25. The van der Waals surface area contributed by atoms with Gasteiger partial charge in [0.05, 0.1) is 11.4 Å². The summed E-state index contributed by atoms with van der Waals surface area (Å²) in [5, 5.41) is 12.2. The lowest BCUT2D eigenvalue weighted by molar-refractivity contribution is 0.539. The molecule has 0 fully saturated rings. The molecule has 0 saturated carbocycles. The van der Waals surface area contributed by atoms with Crippen molar-refractivity contribution in [3.05, 3.63) is 58.4 Å². The molecule has 0 aliphatic rings. The van der Waals surface area contributed by atoms with E-state index in [1.807, 2.05) is 6.92 Å². The Labute approximate surface area is 127 Å². The number of benzene rings is 1. The van der Waals surface area contributed by atoms with Crippen LogP contribution in [-0.2, 0) is 12.8 Å². The molecular formula is C18H25N3. The number of hydrogen-bond donors (Lipinski definition) is 1. The second-order valence-corrected chi connectivity index (χ2v) is 5.48. The summed E-state index contributed by atoms with van der Waals surface area (Å²) in [6, 6.07) is 11.1. The molecule has 1 aromatic carbocycles. The minimum Gasteiger partial charge on any atom is -0.310 e. The van der Waals surface area contributed by atoms with Crippen LogP contribution >= 0.6 is 0 Å². The van der Waals surface area contributed by atoms with Gasteiger partial charge < -0.3 is 5.32 Å². The smallest absolute Gasteiger partial charge is 0.0676 e. The first-order chi connectivity index (χ1) is 10.2. The van der Waals surface area contributed by atoms with Crippen molar-refractivity contribution in [2.75, 3.05) is 6.54 Å². The zero-order valence-electron chi connectivity index (χ0n) is 13.5. The number of hydrogen-bond acceptors (Lipinski definition) is 3. The number of rotatable bonds is 6. The van der Waals surface area contributed by atoms with E-state index in [0.717, 1.165) is 30.8 Å². The van der Waals surface area contributed by atoms with Crippen LogP contribution in [0.1, 0.15) is 48.0 Å². The Morgan fingerprint density at radius 1 is 1.10 bits per heavy atom. The van der Waals surface area contributed by atoms with Crippen molar-refractivity contribution in [2.45, 2.75) is 46.6 Å². The summed E-state index contributed by atoms with van der Waals surface area (Å²) in [4.78, 5) is 0. The summed E-state index contributed by atoms with van der Waals surface area (Å²) in [5.74, 6) is 0. The van der Waals surface area contributed by atoms with Crippen molar-refractivity contribution in [3.63, 3.8) is 0 Å². The van der Waals surface area contributed by atoms with Crippen LogP contribution in [0, 0.1) is 13.8 Å². The summed E-state index contributed by atoms with van der Waals surface area (Å²) >= 11 is 0. The molecule has 1 unspecified atom stereocenters. The maximum absolute atomic E-state index is 4.37. The maximum atomic E-state index is 4.37. The summed E-state index contributed by atoms with van der Waals surface area (Å²) in [7, 11) is 0. The summed E-state index contributed by atoms with van der Waals surface area (Å²) < 4.78 is 0. The van der Waals surface area contributed by atoms with Crippen LogP contribution in [-0.4, -0.2) is 16.7 Å². The highest BCUT2D eigenvalue weighted by atomic mass is 15.1. The van der Waals surface area contributed by atoms with Gasteiger partial charge in [-0.15, -0.1) is 0 Å². The molecule has 112 valence electrons. The van der Waals surface area contributed by atoms with Crippen molar-refractivity contribution in [1.82, 2.24) is 15.5 Å². The number of likely N-dealkylation sites (N-methyl/N-ethyl adjacent to an activating group) is 1. The lowest BCUT2D eigenvalue weighted by atomic mass is 9.94. The van der Waals surface area contributed by atoms with E-state index in [4.69, 9.17) is 0 Å². The fourth-order valence-electron chi connectivity index (χ4n) is 2.71. The van der Waals surface area contributed by atoms with Gasteiger partial charge in [0.15, 0.2) is 0 Å². The first-order valence-electron chi connectivity index (χ1n) is 7.76. The minimum absolute atomic E-state index is 0.292. The molecule has 1 N–H and O–H groups in total. The van der Waals surface area contributed by atoms with Crippen LogP contribution in [0.15, 0.2) is 30.3 Å². The van der Waals surface area contributed by atoms with Crippen LogP contribution in [0.5, 0.6) is 0 Å². The van der Waals surface area contributed by atoms with Crippen molar-refractivity contribution in [3.8, 4) is 0 Å². The normalized spacial score (nSPS) is 12.4. The molecular weight excluding hydrogens is 258 g/mol. The Bertz CT molecular complexity index is 593. The molecule has 1 aromatic heterocycles. The van der Waals surface area contributed by atoms with Gasteiger partial charge in [-0.2, -0.15) is 10.2 Å². The second-order valence-electron chi connectivity index (χ2n) is 5.48. The van der Waals surface area contributed by atoms with Gasteiger partial charge in [0, 0.05) is 6.04 Å². The fraction of sp³-hybridized carbons (Fsp3) is 0.444. The first-order valence-corrected chi connectivity index (χ1v) is 7.76. The average Bonchev–Trinajstić information content (AvgIpc) is 2.49. The lowest BCUT2D eigenvalue weighted by Gasteiger charge is -2.21. The van der Waals surface area contributed by atoms with E-state index in [9.17, 15) is 0 Å². The monoisotopic (exact) mass is 283 g/mol. The fourth-order valence-corrected chi connectivity index (χ4v) is 2.71. The van der Waals surface area contributed by atoms with Gasteiger partial charge in [0.2, 0.25) is 0 Å². The first kappa shape index (κ1) is 15.6. The maximum Gasteiger partial charge on any atom is 0.0676 e. The van der Waals surface area contributed by atoms with Gasteiger partial charge >= 0.3 is 0 Å². The predicted octanol–water partition coefficient (Wildman–Crippen LogP) is 3.55. The number of aryl methyl sites for hydroxylation is 3. The third kappa shape index (κ3) is 3.88. The van der Waals surface area contributed by atoms with E-state index >= 15 is 0 Å². The molecule has 0 bridgehead atoms. The van der Waals surface area contributed by atoms with E-state index in [2.05, 4.69) is 66.6 Å². The Balaban J connectivity index is 2.35. The largest absolute Gasteiger partial charge is 0.310 e. The Morgan fingerprint density at radius 3 is 2.52 bits per heavy atom. The molecule has 0 aliphatic carbocycles. The highest BCUT2D eigenvalue weighted by Gasteiger charge is 2.17. The predicted molar refractivity (Wildman–Crippen MR) is 87.4 cm³/mol. The zero-order valence-corrected chi connectivity index (χ0v) is 13.5. The molecule has 2 rings (SSSR count). The van der Waals surface area contributed by atoms with E-state index in [1.54, 1.807) is 0 Å². The van der Waals surface area contributed by atoms with E-state index in [0.29, 0.717) is 6.04 Å². The summed E-state index contributed by atoms with van der Waals surface area (Å²) in [6.07, 6.45) is 1.90. The Kier molecular flexibility index (Phi) is 5.45. The second kappa shape index (κ2) is 7.32. The molecule has 2 aromatic rings. The number of nitrogens with one attached hydrogen (secondary N) is 1. The van der Waals surface area contributed by atoms with E-state index in [-0.39, 0.29) is 0 Å². The van der Waals surface area contributed by atoms with Crippen LogP contribution < -0.4 is 5.32 Å². The third-order valence-corrected chi connectivity index (χ3v) is 3.87. The minimum atomic E-state index is 0.292. The highest BCUT2D eigenvalue weighted by Crippen LogP contribution is 2.23. The highest BCUT2D eigenvalue weighted by molar-refractivity contribution is 5.31. The molecule has 0 spiro atoms. The molecule has 3 heteroatoms. The van der Waals surface area contributed by atoms with Gasteiger partial charge in [0.1, 0.15) is 0 Å². The number of nitrogens with zero attached hydrogens (tertiary/aromatic N) is 2. The van der Waals surface area contributed by atoms with Gasteiger partial charge in [0.25, 0.3) is 0 Å². The molecule has 0 amide bonds. The standard InChI is InChI=1S/C18H25N3/c1-5-17-16(11-14(4)20-21-17)18(19-6-2)12-15-10-8-7-9-13(15)3/h7-11,18-19H,5-6,12H2,1-4H3. The molecule has 0 saturated heterocycles. The van der Waals surface area contributed by atoms with Crippen molar-refractivity contribution < 1.29 is 0 Å². The van der Waals surface area contributed by atoms with Crippen molar-refractivity contribution in [2.24, 2.45) is 0 Å². The molecule has 0 aliphatic heterocycles. The average molecular weight is 283 g/mol. The van der Waals surface area contributed by atoms with Gasteiger partial charge in [-0.05, 0) is 56.0 Å². The van der Waals surface area contributed by atoms with E-state index < -0.39 is 0 Å². The van der Waals surface area contributed by atoms with Crippen molar-refractivity contribution in [1.29, 1.82) is 0 Å². The Morgan fingerprint density at radius 2 is 1.86 bits per heavy atom. The molecule has 1 heterocycles. The quantitative estimate of drug-likeness (QED) is 0.881. The van der Waals surface area contributed by atoms with Crippen LogP contribution in [0.2, 0.25) is 0 Å². The van der Waals surface area contributed by atoms with Gasteiger partial charge in [-0.3, -0.25) is 0 Å². The Hall–Kier alpha value is -1.74. The molecule has 0 radical (unpaired) electrons. The zero-order chi connectivity index (χ0) is 15.2. The van der Waals surface area contributed by atoms with Crippen LogP contribution in [0.4, 0.5) is 0 Å². The third-order valence-electron chi connectivity index (χ3n) is 3.87. The van der Waals surface area contributed by atoms with Gasteiger partial charge in [-0.1, -0.05) is 38.1 Å². The SMILES string of the molecule is CCNC(Cc1ccccc1C)c1cc(C)nnc1CC. The van der Waals surface area contributed by atoms with Crippen LogP contribution in [0.3, 0.4) is 0 Å².